The van der Waals surface area contributed by atoms with E-state index in [1.54, 1.807) is 6.07 Å². The number of carbonyl (C=O) groups is 2. The summed E-state index contributed by atoms with van der Waals surface area (Å²) in [4.78, 5) is 27.8. The summed E-state index contributed by atoms with van der Waals surface area (Å²) in [6.45, 7) is 1.43. The van der Waals surface area contributed by atoms with Crippen molar-refractivity contribution in [3.63, 3.8) is 0 Å². The number of nitrogens with two attached hydrogens (primary N) is 1. The Kier molecular flexibility index (Phi) is 4.75. The maximum atomic E-state index is 12.7. The van der Waals surface area contributed by atoms with Crippen molar-refractivity contribution >= 4 is 38.6 Å². The van der Waals surface area contributed by atoms with Gasteiger partial charge in [0.1, 0.15) is 0 Å². The molecule has 2 amide bonds. The van der Waals surface area contributed by atoms with E-state index in [9.17, 15) is 9.59 Å². The van der Waals surface area contributed by atoms with Gasteiger partial charge < -0.3 is 20.8 Å². The first-order chi connectivity index (χ1) is 12.5. The van der Waals surface area contributed by atoms with Gasteiger partial charge in [0, 0.05) is 40.7 Å². The van der Waals surface area contributed by atoms with E-state index in [4.69, 9.17) is 10.5 Å². The Hall–Kier alpha value is -1.86. The van der Waals surface area contributed by atoms with Crippen LogP contribution in [-0.4, -0.2) is 36.1 Å². The van der Waals surface area contributed by atoms with E-state index in [-0.39, 0.29) is 17.9 Å². The molecule has 4 rings (SSSR count). The number of aromatic nitrogens is 1. The van der Waals surface area contributed by atoms with Crippen LogP contribution in [0.5, 0.6) is 0 Å². The first-order valence-electron chi connectivity index (χ1n) is 9.04. The van der Waals surface area contributed by atoms with E-state index in [0.717, 1.165) is 46.8 Å². The monoisotopic (exact) mass is 419 g/mol. The van der Waals surface area contributed by atoms with Gasteiger partial charge in [0.15, 0.2) is 0 Å². The lowest BCUT2D eigenvalue weighted by Gasteiger charge is -2.27. The number of carbonyl (C=O) groups excluding carboxylic acids is 2. The highest BCUT2D eigenvalue weighted by molar-refractivity contribution is 9.10. The van der Waals surface area contributed by atoms with E-state index < -0.39 is 5.91 Å². The van der Waals surface area contributed by atoms with Crippen LogP contribution in [0.1, 0.15) is 40.9 Å². The molecular weight excluding hydrogens is 398 g/mol. The lowest BCUT2D eigenvalue weighted by molar-refractivity contribution is -0.126. The number of primary amides is 1. The first kappa shape index (κ1) is 17.5. The number of hydrogen-bond acceptors (Lipinski definition) is 3. The van der Waals surface area contributed by atoms with Crippen LogP contribution in [0.4, 0.5) is 0 Å². The lowest BCUT2D eigenvalue weighted by Crippen LogP contribution is -2.43. The number of halogens is 1. The number of aromatic amines is 1. The van der Waals surface area contributed by atoms with Crippen molar-refractivity contribution < 1.29 is 14.3 Å². The topological polar surface area (TPSA) is 97.2 Å². The molecule has 1 atom stereocenters. The van der Waals surface area contributed by atoms with Crippen molar-refractivity contribution in [3.05, 3.63) is 33.4 Å². The molecule has 7 heteroatoms. The van der Waals surface area contributed by atoms with Crippen LogP contribution in [0, 0.1) is 5.92 Å². The normalized spacial score (nSPS) is 20.7. The molecule has 1 aliphatic heterocycles. The van der Waals surface area contributed by atoms with Crippen molar-refractivity contribution in [3.8, 4) is 0 Å². The summed E-state index contributed by atoms with van der Waals surface area (Å²) in [5.74, 6) is -0.375. The third-order valence-corrected chi connectivity index (χ3v) is 6.15. The van der Waals surface area contributed by atoms with Gasteiger partial charge >= 0.3 is 0 Å². The van der Waals surface area contributed by atoms with Gasteiger partial charge in [-0.05, 0) is 49.8 Å². The molecule has 1 aliphatic carbocycles. The minimum Gasteiger partial charge on any atom is -0.381 e. The molecule has 0 radical (unpaired) electrons. The number of aryl methyl sites for hydroxylation is 1. The number of fused-ring (bicyclic) bond motifs is 3. The SMILES string of the molecule is NC(=O)c1ccc(Br)c2c3c([nH]c12)CC(C(=O)NC1CCOCC1)CC3. The second kappa shape index (κ2) is 7.04. The molecule has 1 aromatic heterocycles. The number of H-pyrrole nitrogens is 1. The van der Waals surface area contributed by atoms with E-state index in [1.165, 1.54) is 5.56 Å². The van der Waals surface area contributed by atoms with E-state index in [0.29, 0.717) is 25.2 Å². The standard InChI is InChI=1S/C19H22BrN3O3/c20-14-4-3-13(18(21)24)17-16(14)12-2-1-10(9-15(12)23-17)19(25)22-11-5-7-26-8-6-11/h3-4,10-11,23H,1-2,5-9H2,(H2,21,24)(H,22,25). The first-order valence-corrected chi connectivity index (χ1v) is 9.83. The fraction of sp³-hybridized carbons (Fsp3) is 0.474. The molecule has 6 nitrogen and oxygen atoms in total. The highest BCUT2D eigenvalue weighted by Gasteiger charge is 2.30. The van der Waals surface area contributed by atoms with Crippen LogP contribution in [0.3, 0.4) is 0 Å². The van der Waals surface area contributed by atoms with E-state index in [1.807, 2.05) is 6.07 Å². The molecule has 2 heterocycles. The third kappa shape index (κ3) is 3.14. The van der Waals surface area contributed by atoms with Crippen molar-refractivity contribution in [2.24, 2.45) is 11.7 Å². The van der Waals surface area contributed by atoms with Crippen molar-refractivity contribution in [1.82, 2.24) is 10.3 Å². The van der Waals surface area contributed by atoms with Crippen LogP contribution in [0.2, 0.25) is 0 Å². The molecule has 1 unspecified atom stereocenters. The summed E-state index contributed by atoms with van der Waals surface area (Å²) in [7, 11) is 0. The molecule has 1 aromatic carbocycles. The molecule has 0 saturated carbocycles. The summed E-state index contributed by atoms with van der Waals surface area (Å²) in [6.07, 6.45) is 4.03. The predicted molar refractivity (Wildman–Crippen MR) is 102 cm³/mol. The van der Waals surface area contributed by atoms with Gasteiger partial charge in [-0.15, -0.1) is 0 Å². The average molecular weight is 420 g/mol. The van der Waals surface area contributed by atoms with Gasteiger partial charge in [-0.2, -0.15) is 0 Å². The van der Waals surface area contributed by atoms with Crippen LogP contribution in [0.25, 0.3) is 10.9 Å². The number of amides is 2. The van der Waals surface area contributed by atoms with Gasteiger partial charge in [-0.25, -0.2) is 0 Å². The Labute approximate surface area is 160 Å². The highest BCUT2D eigenvalue weighted by atomic mass is 79.9. The van der Waals surface area contributed by atoms with Crippen LogP contribution < -0.4 is 11.1 Å². The summed E-state index contributed by atoms with van der Waals surface area (Å²) in [5, 5.41) is 4.19. The lowest BCUT2D eigenvalue weighted by atomic mass is 9.86. The second-order valence-corrected chi connectivity index (χ2v) is 7.98. The van der Waals surface area contributed by atoms with Crippen LogP contribution in [-0.2, 0) is 22.4 Å². The number of rotatable bonds is 3. The van der Waals surface area contributed by atoms with Gasteiger partial charge in [-0.1, -0.05) is 15.9 Å². The second-order valence-electron chi connectivity index (χ2n) is 7.13. The zero-order valence-corrected chi connectivity index (χ0v) is 16.0. The van der Waals surface area contributed by atoms with Gasteiger partial charge in [-0.3, -0.25) is 9.59 Å². The Morgan fingerprint density at radius 2 is 2.00 bits per heavy atom. The van der Waals surface area contributed by atoms with Crippen molar-refractivity contribution in [2.75, 3.05) is 13.2 Å². The van der Waals surface area contributed by atoms with Crippen LogP contribution in [0.15, 0.2) is 16.6 Å². The predicted octanol–water partition coefficient (Wildman–Crippen LogP) is 2.43. The molecule has 0 spiro atoms. The van der Waals surface area contributed by atoms with Gasteiger partial charge in [0.05, 0.1) is 11.1 Å². The molecule has 4 N–H and O–H groups in total. The van der Waals surface area contributed by atoms with Gasteiger partial charge in [0.25, 0.3) is 5.91 Å². The minimum absolute atomic E-state index is 0.0470. The maximum absolute atomic E-state index is 12.7. The molecule has 2 aromatic rings. The number of benzene rings is 1. The zero-order valence-electron chi connectivity index (χ0n) is 14.4. The molecule has 138 valence electrons. The minimum atomic E-state index is -0.449. The highest BCUT2D eigenvalue weighted by Crippen LogP contribution is 2.37. The van der Waals surface area contributed by atoms with E-state index in [2.05, 4.69) is 26.2 Å². The Morgan fingerprint density at radius 3 is 2.73 bits per heavy atom. The number of nitrogens with one attached hydrogen (secondary N) is 2. The number of hydrogen-bond donors (Lipinski definition) is 3. The smallest absolute Gasteiger partial charge is 0.250 e. The molecule has 1 saturated heterocycles. The average Bonchev–Trinajstić information content (AvgIpc) is 3.01. The molecule has 0 bridgehead atoms. The molecule has 2 aliphatic rings. The Bertz CT molecular complexity index is 871. The van der Waals surface area contributed by atoms with Crippen molar-refractivity contribution in [1.29, 1.82) is 0 Å². The quantitative estimate of drug-likeness (QED) is 0.712. The fourth-order valence-corrected chi connectivity index (χ4v) is 4.66. The fourth-order valence-electron chi connectivity index (χ4n) is 4.09. The summed E-state index contributed by atoms with van der Waals surface area (Å²) in [6, 6.07) is 3.81. The molecule has 26 heavy (non-hydrogen) atoms. The molecule has 1 fully saturated rings. The van der Waals surface area contributed by atoms with Gasteiger partial charge in [0.2, 0.25) is 5.91 Å². The summed E-state index contributed by atoms with van der Waals surface area (Å²) >= 11 is 3.58. The zero-order chi connectivity index (χ0) is 18.3. The molecular formula is C19H22BrN3O3. The van der Waals surface area contributed by atoms with Crippen LogP contribution >= 0.6 is 15.9 Å². The Morgan fingerprint density at radius 1 is 1.23 bits per heavy atom. The largest absolute Gasteiger partial charge is 0.381 e. The number of ether oxygens (including phenoxy) is 1. The summed E-state index contributed by atoms with van der Waals surface area (Å²) < 4.78 is 6.29. The van der Waals surface area contributed by atoms with E-state index >= 15 is 0 Å². The summed E-state index contributed by atoms with van der Waals surface area (Å²) in [5.41, 5.74) is 8.99. The maximum Gasteiger partial charge on any atom is 0.250 e. The van der Waals surface area contributed by atoms with Crippen molar-refractivity contribution in [2.45, 2.75) is 38.1 Å². The third-order valence-electron chi connectivity index (χ3n) is 5.49. The Balaban J connectivity index is 1.58.